The third-order valence-electron chi connectivity index (χ3n) is 1.39. The van der Waals surface area contributed by atoms with Gasteiger partial charge in [0.1, 0.15) is 0 Å². The molecule has 0 aliphatic carbocycles. The Morgan fingerprint density at radius 2 is 2.10 bits per heavy atom. The van der Waals surface area contributed by atoms with Gasteiger partial charge in [-0.05, 0) is 12.3 Å². The molecule has 0 spiro atoms. The van der Waals surface area contributed by atoms with Gasteiger partial charge in [-0.15, -0.1) is 0 Å². The molecule has 0 fully saturated rings. The van der Waals surface area contributed by atoms with Crippen molar-refractivity contribution in [2.45, 2.75) is 20.3 Å². The number of carboxylic acids is 1. The second-order valence-electron chi connectivity index (χ2n) is 2.90. The van der Waals surface area contributed by atoms with Crippen molar-refractivity contribution in [2.24, 2.45) is 17.6 Å². The van der Waals surface area contributed by atoms with Gasteiger partial charge in [-0.3, -0.25) is 4.79 Å². The molecule has 0 unspecified atom stereocenters. The third-order valence-corrected chi connectivity index (χ3v) is 1.39. The Morgan fingerprint density at radius 1 is 1.60 bits per heavy atom. The summed E-state index contributed by atoms with van der Waals surface area (Å²) in [4.78, 5) is 10.4. The number of aliphatic carboxylic acids is 1. The minimum Gasteiger partial charge on any atom is -0.481 e. The molecule has 3 N–H and O–H groups in total. The maximum atomic E-state index is 10.4. The van der Waals surface area contributed by atoms with E-state index in [1.165, 1.54) is 0 Å². The van der Waals surface area contributed by atoms with Gasteiger partial charge in [-0.1, -0.05) is 13.8 Å². The highest BCUT2D eigenvalue weighted by Crippen LogP contribution is 2.09. The van der Waals surface area contributed by atoms with Crippen LogP contribution < -0.4 is 5.73 Å². The molecule has 3 nitrogen and oxygen atoms in total. The molecule has 0 rings (SSSR count). The molecule has 0 aliphatic heterocycles. The highest BCUT2D eigenvalue weighted by Gasteiger charge is 2.15. The van der Waals surface area contributed by atoms with Crippen LogP contribution in [0.5, 0.6) is 0 Å². The van der Waals surface area contributed by atoms with Crippen LogP contribution in [0, 0.1) is 11.8 Å². The van der Waals surface area contributed by atoms with Gasteiger partial charge in [-0.2, -0.15) is 0 Å². The average molecular weight is 145 g/mol. The highest BCUT2D eigenvalue weighted by atomic mass is 16.4. The van der Waals surface area contributed by atoms with E-state index in [9.17, 15) is 4.79 Å². The molecule has 0 aliphatic rings. The molecular formula is C7H15NO2. The summed E-state index contributed by atoms with van der Waals surface area (Å²) in [5.41, 5.74) is 5.24. The van der Waals surface area contributed by atoms with E-state index in [-0.39, 0.29) is 12.5 Å². The third kappa shape index (κ3) is 3.45. The number of nitrogens with two attached hydrogens (primary N) is 1. The van der Waals surface area contributed by atoms with Crippen molar-refractivity contribution < 1.29 is 9.90 Å². The van der Waals surface area contributed by atoms with Gasteiger partial charge >= 0.3 is 5.97 Å². The van der Waals surface area contributed by atoms with E-state index in [1.54, 1.807) is 0 Å². The molecule has 0 aromatic carbocycles. The Kier molecular flexibility index (Phi) is 4.03. The Bertz CT molecular complexity index is 112. The zero-order valence-corrected chi connectivity index (χ0v) is 6.50. The highest BCUT2D eigenvalue weighted by molar-refractivity contribution is 5.70. The largest absolute Gasteiger partial charge is 0.481 e. The van der Waals surface area contributed by atoms with Crippen molar-refractivity contribution in [3.8, 4) is 0 Å². The van der Waals surface area contributed by atoms with Crippen LogP contribution in [0.25, 0.3) is 0 Å². The quantitative estimate of drug-likeness (QED) is 0.611. The second kappa shape index (κ2) is 4.28. The van der Waals surface area contributed by atoms with Crippen molar-refractivity contribution in [3.05, 3.63) is 0 Å². The topological polar surface area (TPSA) is 63.3 Å². The summed E-state index contributed by atoms with van der Waals surface area (Å²) in [6.07, 6.45) is 0.672. The van der Waals surface area contributed by atoms with Crippen molar-refractivity contribution >= 4 is 5.97 Å². The lowest BCUT2D eigenvalue weighted by Gasteiger charge is -2.10. The van der Waals surface area contributed by atoms with Crippen LogP contribution >= 0.6 is 0 Å². The van der Waals surface area contributed by atoms with Gasteiger partial charge in [0.25, 0.3) is 0 Å². The lowest BCUT2D eigenvalue weighted by Crippen LogP contribution is -2.24. The monoisotopic (exact) mass is 145 g/mol. The normalized spacial score (nSPS) is 13.6. The molecule has 0 aromatic heterocycles. The predicted molar refractivity (Wildman–Crippen MR) is 39.6 cm³/mol. The summed E-state index contributed by atoms with van der Waals surface area (Å²) in [5.74, 6) is -0.735. The SMILES string of the molecule is CC(C)C[C@@H](CN)C(=O)O. The van der Waals surface area contributed by atoms with Gasteiger partial charge in [0, 0.05) is 6.54 Å². The number of carboxylic acid groups (broad SMARTS) is 1. The summed E-state index contributed by atoms with van der Waals surface area (Å²) in [5, 5.41) is 8.54. The van der Waals surface area contributed by atoms with Crippen LogP contribution in [0.2, 0.25) is 0 Å². The lowest BCUT2D eigenvalue weighted by atomic mass is 9.98. The Labute approximate surface area is 61.2 Å². The van der Waals surface area contributed by atoms with Crippen molar-refractivity contribution in [3.63, 3.8) is 0 Å². The first-order valence-corrected chi connectivity index (χ1v) is 3.50. The van der Waals surface area contributed by atoms with Crippen LogP contribution in [0.1, 0.15) is 20.3 Å². The van der Waals surface area contributed by atoms with Crippen LogP contribution in [0.3, 0.4) is 0 Å². The second-order valence-corrected chi connectivity index (χ2v) is 2.90. The molecule has 0 bridgehead atoms. The first-order chi connectivity index (χ1) is 4.57. The Balaban J connectivity index is 3.72. The molecular weight excluding hydrogens is 130 g/mol. The van der Waals surface area contributed by atoms with E-state index in [0.29, 0.717) is 12.3 Å². The van der Waals surface area contributed by atoms with E-state index < -0.39 is 5.97 Å². The summed E-state index contributed by atoms with van der Waals surface area (Å²) in [6, 6.07) is 0. The van der Waals surface area contributed by atoms with Gasteiger partial charge in [0.2, 0.25) is 0 Å². The molecule has 0 aromatic rings. The number of hydrogen-bond acceptors (Lipinski definition) is 2. The fourth-order valence-electron chi connectivity index (χ4n) is 0.867. The molecule has 3 heteroatoms. The van der Waals surface area contributed by atoms with Crippen LogP contribution in [0.15, 0.2) is 0 Å². The van der Waals surface area contributed by atoms with E-state index in [4.69, 9.17) is 10.8 Å². The van der Waals surface area contributed by atoms with Crippen molar-refractivity contribution in [1.29, 1.82) is 0 Å². The molecule has 10 heavy (non-hydrogen) atoms. The molecule has 0 amide bonds. The zero-order chi connectivity index (χ0) is 8.15. The van der Waals surface area contributed by atoms with E-state index in [2.05, 4.69) is 0 Å². The van der Waals surface area contributed by atoms with Gasteiger partial charge in [0.15, 0.2) is 0 Å². The summed E-state index contributed by atoms with van der Waals surface area (Å²) < 4.78 is 0. The van der Waals surface area contributed by atoms with E-state index in [0.717, 1.165) is 0 Å². The molecule has 0 radical (unpaired) electrons. The summed E-state index contributed by atoms with van der Waals surface area (Å²) in [7, 11) is 0. The molecule has 0 saturated heterocycles. The number of carbonyl (C=O) groups is 1. The summed E-state index contributed by atoms with van der Waals surface area (Å²) in [6.45, 7) is 4.23. The Hall–Kier alpha value is -0.570. The van der Waals surface area contributed by atoms with Crippen molar-refractivity contribution in [2.75, 3.05) is 6.54 Å². The van der Waals surface area contributed by atoms with Crippen LogP contribution in [-0.2, 0) is 4.79 Å². The molecule has 60 valence electrons. The van der Waals surface area contributed by atoms with Gasteiger partial charge < -0.3 is 10.8 Å². The maximum Gasteiger partial charge on any atom is 0.307 e. The van der Waals surface area contributed by atoms with Crippen LogP contribution in [-0.4, -0.2) is 17.6 Å². The lowest BCUT2D eigenvalue weighted by molar-refractivity contribution is -0.141. The standard InChI is InChI=1S/C7H15NO2/c1-5(2)3-6(4-8)7(9)10/h5-6H,3-4,8H2,1-2H3,(H,9,10)/t6-/m0/s1. The van der Waals surface area contributed by atoms with Crippen LogP contribution in [0.4, 0.5) is 0 Å². The van der Waals surface area contributed by atoms with Crippen molar-refractivity contribution in [1.82, 2.24) is 0 Å². The minimum absolute atomic E-state index is 0.244. The zero-order valence-electron chi connectivity index (χ0n) is 6.50. The molecule has 1 atom stereocenters. The molecule has 0 heterocycles. The smallest absolute Gasteiger partial charge is 0.307 e. The van der Waals surface area contributed by atoms with Gasteiger partial charge in [-0.25, -0.2) is 0 Å². The summed E-state index contributed by atoms with van der Waals surface area (Å²) >= 11 is 0. The minimum atomic E-state index is -0.781. The number of rotatable bonds is 4. The van der Waals surface area contributed by atoms with E-state index >= 15 is 0 Å². The molecule has 0 saturated carbocycles. The average Bonchev–Trinajstić information content (AvgIpc) is 1.81. The fourth-order valence-corrected chi connectivity index (χ4v) is 0.867. The first-order valence-electron chi connectivity index (χ1n) is 3.50. The predicted octanol–water partition coefficient (Wildman–Crippen LogP) is 0.692. The Morgan fingerprint density at radius 3 is 2.20 bits per heavy atom. The fraction of sp³-hybridized carbons (Fsp3) is 0.857. The van der Waals surface area contributed by atoms with Gasteiger partial charge in [0.05, 0.1) is 5.92 Å². The van der Waals surface area contributed by atoms with E-state index in [1.807, 2.05) is 13.8 Å². The maximum absolute atomic E-state index is 10.4. The first kappa shape index (κ1) is 9.43. The number of hydrogen-bond donors (Lipinski definition) is 2.